The number of rotatable bonds is 3. The van der Waals surface area contributed by atoms with Gasteiger partial charge in [-0.15, -0.1) is 0 Å². The second-order valence-electron chi connectivity index (χ2n) is 9.38. The van der Waals surface area contributed by atoms with Gasteiger partial charge in [-0.25, -0.2) is 4.79 Å². The zero-order chi connectivity index (χ0) is 21.6. The molecule has 1 saturated heterocycles. The van der Waals surface area contributed by atoms with E-state index >= 15 is 0 Å². The highest BCUT2D eigenvalue weighted by Gasteiger charge is 2.52. The SMILES string of the molecule is COc1ccc(C2=NCCN2C(=O)OC(C)(C)C)cc1B1OC(C)(C)C(C)(C)O1. The summed E-state index contributed by atoms with van der Waals surface area (Å²) in [5.74, 6) is 1.24. The Labute approximate surface area is 173 Å². The first-order valence-corrected chi connectivity index (χ1v) is 9.93. The predicted octanol–water partition coefficient (Wildman–Crippen LogP) is 2.99. The quantitative estimate of drug-likeness (QED) is 0.728. The Morgan fingerprint density at radius 1 is 1.17 bits per heavy atom. The number of carbonyl (C=O) groups excluding carboxylic acids is 1. The van der Waals surface area contributed by atoms with Crippen LogP contribution in [0.2, 0.25) is 0 Å². The van der Waals surface area contributed by atoms with Crippen LogP contribution in [0.25, 0.3) is 0 Å². The summed E-state index contributed by atoms with van der Waals surface area (Å²) in [5, 5.41) is 0. The molecule has 8 heteroatoms. The molecule has 1 aromatic rings. The molecule has 0 bridgehead atoms. The molecule has 0 saturated carbocycles. The summed E-state index contributed by atoms with van der Waals surface area (Å²) in [6.45, 7) is 14.6. The average molecular weight is 402 g/mol. The van der Waals surface area contributed by atoms with Gasteiger partial charge < -0.3 is 18.8 Å². The smallest absolute Gasteiger partial charge is 0.497 e. The van der Waals surface area contributed by atoms with Gasteiger partial charge in [-0.3, -0.25) is 9.89 Å². The fourth-order valence-electron chi connectivity index (χ4n) is 3.22. The molecule has 0 aliphatic carbocycles. The number of benzene rings is 1. The van der Waals surface area contributed by atoms with Crippen LogP contribution >= 0.6 is 0 Å². The molecule has 0 atom stereocenters. The topological polar surface area (TPSA) is 69.6 Å². The number of aliphatic imine (C=N–C) groups is 1. The lowest BCUT2D eigenvalue weighted by Gasteiger charge is -2.32. The van der Waals surface area contributed by atoms with Gasteiger partial charge >= 0.3 is 13.2 Å². The zero-order valence-electron chi connectivity index (χ0n) is 18.7. The minimum absolute atomic E-state index is 0.401. The second-order valence-corrected chi connectivity index (χ2v) is 9.38. The molecule has 2 heterocycles. The van der Waals surface area contributed by atoms with Gasteiger partial charge in [-0.05, 0) is 66.7 Å². The molecule has 0 radical (unpaired) electrons. The first-order valence-electron chi connectivity index (χ1n) is 9.93. The van der Waals surface area contributed by atoms with Crippen LogP contribution in [-0.2, 0) is 14.0 Å². The Morgan fingerprint density at radius 2 is 1.79 bits per heavy atom. The molecule has 1 fully saturated rings. The lowest BCUT2D eigenvalue weighted by atomic mass is 9.77. The Balaban J connectivity index is 1.92. The average Bonchev–Trinajstić information content (AvgIpc) is 3.15. The van der Waals surface area contributed by atoms with Crippen molar-refractivity contribution in [3.05, 3.63) is 23.8 Å². The largest absolute Gasteiger partial charge is 0.498 e. The third-order valence-corrected chi connectivity index (χ3v) is 5.45. The van der Waals surface area contributed by atoms with Gasteiger partial charge in [0.05, 0.1) is 31.4 Å². The summed E-state index contributed by atoms with van der Waals surface area (Å²) < 4.78 is 23.5. The van der Waals surface area contributed by atoms with Crippen molar-refractivity contribution >= 4 is 24.5 Å². The second kappa shape index (κ2) is 7.33. The monoisotopic (exact) mass is 402 g/mol. The molecule has 3 rings (SSSR count). The van der Waals surface area contributed by atoms with E-state index in [1.165, 1.54) is 0 Å². The minimum atomic E-state index is -0.577. The first-order chi connectivity index (χ1) is 13.3. The molecule has 29 heavy (non-hydrogen) atoms. The van der Waals surface area contributed by atoms with Crippen molar-refractivity contribution in [2.45, 2.75) is 65.3 Å². The summed E-state index contributed by atoms with van der Waals surface area (Å²) in [7, 11) is 1.04. The van der Waals surface area contributed by atoms with Gasteiger partial charge in [0.15, 0.2) is 0 Å². The van der Waals surface area contributed by atoms with Gasteiger partial charge in [0.2, 0.25) is 0 Å². The third-order valence-electron chi connectivity index (χ3n) is 5.45. The standard InChI is InChI=1S/C21H31BN2O5/c1-19(2,3)27-18(25)24-12-11-23-17(24)14-9-10-16(26-8)15(13-14)22-28-20(4,5)21(6,7)29-22/h9-10,13H,11-12H2,1-8H3. The maximum atomic E-state index is 12.6. The molecule has 1 aromatic carbocycles. The van der Waals surface area contributed by atoms with Crippen LogP contribution in [0.4, 0.5) is 4.79 Å². The van der Waals surface area contributed by atoms with Gasteiger partial charge in [-0.1, -0.05) is 0 Å². The van der Waals surface area contributed by atoms with E-state index in [2.05, 4.69) is 4.99 Å². The molecule has 2 aliphatic heterocycles. The molecular formula is C21H31BN2O5. The van der Waals surface area contributed by atoms with Crippen molar-refractivity contribution in [1.29, 1.82) is 0 Å². The molecule has 158 valence electrons. The van der Waals surface area contributed by atoms with Gasteiger partial charge in [0, 0.05) is 11.0 Å². The number of carbonyl (C=O) groups is 1. The van der Waals surface area contributed by atoms with E-state index < -0.39 is 30.0 Å². The number of hydrogen-bond donors (Lipinski definition) is 0. The maximum absolute atomic E-state index is 12.6. The maximum Gasteiger partial charge on any atom is 0.498 e. The van der Waals surface area contributed by atoms with E-state index in [-0.39, 0.29) is 0 Å². The summed E-state index contributed by atoms with van der Waals surface area (Å²) in [5.41, 5.74) is 0.0535. The molecule has 0 N–H and O–H groups in total. The number of ether oxygens (including phenoxy) is 2. The Morgan fingerprint density at radius 3 is 2.34 bits per heavy atom. The van der Waals surface area contributed by atoms with Crippen molar-refractivity contribution in [3.63, 3.8) is 0 Å². The normalized spacial score (nSPS) is 20.6. The van der Waals surface area contributed by atoms with Gasteiger partial charge in [0.25, 0.3) is 0 Å². The van der Waals surface area contributed by atoms with E-state index in [0.29, 0.717) is 24.7 Å². The van der Waals surface area contributed by atoms with Crippen molar-refractivity contribution in [3.8, 4) is 5.75 Å². The van der Waals surface area contributed by atoms with Crippen LogP contribution in [0.5, 0.6) is 5.75 Å². The Kier molecular flexibility index (Phi) is 5.47. The summed E-state index contributed by atoms with van der Waals surface area (Å²) >= 11 is 0. The lowest BCUT2D eigenvalue weighted by Crippen LogP contribution is -2.41. The number of amidine groups is 1. The predicted molar refractivity (Wildman–Crippen MR) is 113 cm³/mol. The Bertz CT molecular complexity index is 813. The van der Waals surface area contributed by atoms with Crippen LogP contribution in [0.3, 0.4) is 0 Å². The molecule has 1 amide bonds. The van der Waals surface area contributed by atoms with E-state index in [1.54, 1.807) is 12.0 Å². The summed E-state index contributed by atoms with van der Waals surface area (Å²) in [4.78, 5) is 18.7. The molecule has 2 aliphatic rings. The summed E-state index contributed by atoms with van der Waals surface area (Å²) in [6.07, 6.45) is -0.401. The van der Waals surface area contributed by atoms with Gasteiger partial charge in [-0.2, -0.15) is 0 Å². The molecule has 0 unspecified atom stereocenters. The fraction of sp³-hybridized carbons (Fsp3) is 0.619. The molecule has 7 nitrogen and oxygen atoms in total. The van der Waals surface area contributed by atoms with Crippen molar-refractivity contribution in [1.82, 2.24) is 4.90 Å². The van der Waals surface area contributed by atoms with Crippen molar-refractivity contribution in [2.75, 3.05) is 20.2 Å². The number of methoxy groups -OCH3 is 1. The van der Waals surface area contributed by atoms with Gasteiger partial charge in [0.1, 0.15) is 17.2 Å². The van der Waals surface area contributed by atoms with Crippen molar-refractivity contribution < 1.29 is 23.6 Å². The number of amides is 1. The molecular weight excluding hydrogens is 371 g/mol. The highest BCUT2D eigenvalue weighted by Crippen LogP contribution is 2.37. The van der Waals surface area contributed by atoms with E-state index in [4.69, 9.17) is 18.8 Å². The van der Waals surface area contributed by atoms with Crippen LogP contribution in [-0.4, -0.2) is 60.9 Å². The van der Waals surface area contributed by atoms with Crippen LogP contribution in [0.1, 0.15) is 54.0 Å². The van der Waals surface area contributed by atoms with E-state index in [1.807, 2.05) is 66.7 Å². The minimum Gasteiger partial charge on any atom is -0.497 e. The van der Waals surface area contributed by atoms with Crippen molar-refractivity contribution in [2.24, 2.45) is 4.99 Å². The molecule has 0 aromatic heterocycles. The first kappa shape index (κ1) is 21.6. The highest BCUT2D eigenvalue weighted by molar-refractivity contribution is 6.63. The highest BCUT2D eigenvalue weighted by atomic mass is 16.7. The van der Waals surface area contributed by atoms with Crippen LogP contribution < -0.4 is 10.2 Å². The summed E-state index contributed by atoms with van der Waals surface area (Å²) in [6, 6.07) is 5.65. The number of hydrogen-bond acceptors (Lipinski definition) is 6. The third kappa shape index (κ3) is 4.28. The van der Waals surface area contributed by atoms with E-state index in [0.717, 1.165) is 11.0 Å². The zero-order valence-corrected chi connectivity index (χ0v) is 18.7. The van der Waals surface area contributed by atoms with Crippen LogP contribution in [0.15, 0.2) is 23.2 Å². The Hall–Kier alpha value is -2.06. The lowest BCUT2D eigenvalue weighted by molar-refractivity contribution is 0.00578. The van der Waals surface area contributed by atoms with Crippen LogP contribution in [0, 0.1) is 0 Å². The van der Waals surface area contributed by atoms with E-state index in [9.17, 15) is 4.79 Å². The molecule has 0 spiro atoms. The fourth-order valence-corrected chi connectivity index (χ4v) is 3.22. The number of nitrogens with zero attached hydrogens (tertiary/aromatic N) is 2.